The molecule has 0 aliphatic heterocycles. The molecule has 2 heterocycles. The topological polar surface area (TPSA) is 81.4 Å². The molecule has 0 spiro atoms. The van der Waals surface area contributed by atoms with Crippen LogP contribution in [0.25, 0.3) is 10.8 Å². The first-order valence-corrected chi connectivity index (χ1v) is 10.6. The summed E-state index contributed by atoms with van der Waals surface area (Å²) in [5.41, 5.74) is 0.860. The first-order valence-electron chi connectivity index (χ1n) is 8.45. The van der Waals surface area contributed by atoms with Gasteiger partial charge in [-0.25, -0.2) is 4.98 Å². The summed E-state index contributed by atoms with van der Waals surface area (Å²) in [6.45, 7) is 4.69. The van der Waals surface area contributed by atoms with E-state index in [0.29, 0.717) is 35.0 Å². The lowest BCUT2D eigenvalue weighted by Gasteiger charge is -2.16. The van der Waals surface area contributed by atoms with E-state index < -0.39 is 0 Å². The Labute approximate surface area is 176 Å². The van der Waals surface area contributed by atoms with Crippen molar-refractivity contribution in [2.24, 2.45) is 0 Å². The van der Waals surface area contributed by atoms with Crippen LogP contribution in [0.2, 0.25) is 5.02 Å². The van der Waals surface area contributed by atoms with E-state index in [9.17, 15) is 4.79 Å². The van der Waals surface area contributed by atoms with Gasteiger partial charge in [0.25, 0.3) is 11.1 Å². The Morgan fingerprint density at radius 2 is 2.04 bits per heavy atom. The number of rotatable bonds is 8. The van der Waals surface area contributed by atoms with Gasteiger partial charge in [0.1, 0.15) is 17.2 Å². The summed E-state index contributed by atoms with van der Waals surface area (Å²) < 4.78 is 11.3. The normalized spacial score (nSPS) is 10.9. The van der Waals surface area contributed by atoms with Gasteiger partial charge in [0.15, 0.2) is 0 Å². The van der Waals surface area contributed by atoms with E-state index in [0.717, 1.165) is 15.6 Å². The zero-order chi connectivity index (χ0) is 20.1. The SMILES string of the molecule is Cc1nc(C)c(-c2nnc(SCC(=O)N(C)CCOc3ccc(Cl)cc3)o2)s1. The number of nitrogens with zero attached hydrogens (tertiary/aromatic N) is 4. The average Bonchev–Trinajstić information content (AvgIpc) is 3.27. The van der Waals surface area contributed by atoms with Crippen LogP contribution in [0.5, 0.6) is 5.75 Å². The molecule has 3 rings (SSSR count). The predicted octanol–water partition coefficient (Wildman–Crippen LogP) is 4.09. The molecule has 0 radical (unpaired) electrons. The number of carbonyl (C=O) groups is 1. The monoisotopic (exact) mass is 438 g/mol. The molecule has 3 aromatic rings. The van der Waals surface area contributed by atoms with E-state index in [1.54, 1.807) is 36.2 Å². The van der Waals surface area contributed by atoms with Crippen molar-refractivity contribution in [1.82, 2.24) is 20.1 Å². The third-order valence-electron chi connectivity index (χ3n) is 3.76. The number of ether oxygens (including phenoxy) is 1. The lowest BCUT2D eigenvalue weighted by Crippen LogP contribution is -2.32. The van der Waals surface area contributed by atoms with Crippen molar-refractivity contribution in [1.29, 1.82) is 0 Å². The molecule has 0 bridgehead atoms. The highest BCUT2D eigenvalue weighted by atomic mass is 35.5. The Kier molecular flexibility index (Phi) is 6.93. The quantitative estimate of drug-likeness (QED) is 0.490. The van der Waals surface area contributed by atoms with Crippen LogP contribution >= 0.6 is 34.7 Å². The van der Waals surface area contributed by atoms with Crippen molar-refractivity contribution < 1.29 is 13.9 Å². The zero-order valence-electron chi connectivity index (χ0n) is 15.6. The molecular weight excluding hydrogens is 420 g/mol. The number of hydrogen-bond acceptors (Lipinski definition) is 8. The average molecular weight is 439 g/mol. The number of thiazole rings is 1. The largest absolute Gasteiger partial charge is 0.492 e. The van der Waals surface area contributed by atoms with Crippen LogP contribution in [0.3, 0.4) is 0 Å². The van der Waals surface area contributed by atoms with Gasteiger partial charge in [-0.05, 0) is 38.1 Å². The fourth-order valence-electron chi connectivity index (χ4n) is 2.28. The number of thioether (sulfide) groups is 1. The molecule has 7 nitrogen and oxygen atoms in total. The fraction of sp³-hybridized carbons (Fsp3) is 0.333. The maximum absolute atomic E-state index is 12.3. The number of amides is 1. The summed E-state index contributed by atoms with van der Waals surface area (Å²) in [6, 6.07) is 7.10. The van der Waals surface area contributed by atoms with Gasteiger partial charge in [0.2, 0.25) is 5.91 Å². The molecule has 10 heteroatoms. The molecule has 0 aliphatic rings. The molecule has 0 aliphatic carbocycles. The lowest BCUT2D eigenvalue weighted by atomic mass is 10.3. The summed E-state index contributed by atoms with van der Waals surface area (Å²) in [5.74, 6) is 1.31. The minimum atomic E-state index is -0.0470. The second kappa shape index (κ2) is 9.40. The molecule has 0 unspecified atom stereocenters. The summed E-state index contributed by atoms with van der Waals surface area (Å²) >= 11 is 8.56. The molecule has 0 fully saturated rings. The molecule has 148 valence electrons. The Balaban J connectivity index is 1.44. The summed E-state index contributed by atoms with van der Waals surface area (Å²) in [4.78, 5) is 19.1. The van der Waals surface area contributed by atoms with Crippen LogP contribution in [-0.2, 0) is 4.79 Å². The highest BCUT2D eigenvalue weighted by molar-refractivity contribution is 7.99. The number of benzene rings is 1. The van der Waals surface area contributed by atoms with Gasteiger partial charge in [-0.3, -0.25) is 4.79 Å². The molecule has 0 N–H and O–H groups in total. The van der Waals surface area contributed by atoms with Crippen molar-refractivity contribution in [2.45, 2.75) is 19.1 Å². The molecule has 1 amide bonds. The summed E-state index contributed by atoms with van der Waals surface area (Å²) in [7, 11) is 1.73. The van der Waals surface area contributed by atoms with Crippen LogP contribution < -0.4 is 4.74 Å². The number of carbonyl (C=O) groups excluding carboxylic acids is 1. The zero-order valence-corrected chi connectivity index (χ0v) is 18.0. The van der Waals surface area contributed by atoms with Crippen LogP contribution in [-0.4, -0.2) is 51.9 Å². The first-order chi connectivity index (χ1) is 13.4. The van der Waals surface area contributed by atoms with Crippen LogP contribution in [0.1, 0.15) is 10.7 Å². The first kappa shape index (κ1) is 20.6. The summed E-state index contributed by atoms with van der Waals surface area (Å²) in [6.07, 6.45) is 0. The highest BCUT2D eigenvalue weighted by Crippen LogP contribution is 2.30. The smallest absolute Gasteiger partial charge is 0.277 e. The molecule has 1 aromatic carbocycles. The Morgan fingerprint density at radius 3 is 2.71 bits per heavy atom. The Hall–Kier alpha value is -2.10. The van der Waals surface area contributed by atoms with Gasteiger partial charge in [0.05, 0.1) is 23.0 Å². The van der Waals surface area contributed by atoms with Gasteiger partial charge in [-0.15, -0.1) is 21.5 Å². The molecular formula is C18H19ClN4O3S2. The highest BCUT2D eigenvalue weighted by Gasteiger charge is 2.17. The second-order valence-electron chi connectivity index (χ2n) is 5.93. The van der Waals surface area contributed by atoms with E-state index in [1.807, 2.05) is 13.8 Å². The van der Waals surface area contributed by atoms with Crippen molar-refractivity contribution in [2.75, 3.05) is 26.0 Å². The van der Waals surface area contributed by atoms with Gasteiger partial charge in [-0.2, -0.15) is 0 Å². The van der Waals surface area contributed by atoms with Crippen molar-refractivity contribution in [3.8, 4) is 16.5 Å². The Bertz CT molecular complexity index is 943. The van der Waals surface area contributed by atoms with Crippen molar-refractivity contribution in [3.63, 3.8) is 0 Å². The van der Waals surface area contributed by atoms with E-state index in [1.165, 1.54) is 23.1 Å². The van der Waals surface area contributed by atoms with E-state index in [2.05, 4.69) is 15.2 Å². The third kappa shape index (κ3) is 5.46. The summed E-state index contributed by atoms with van der Waals surface area (Å²) in [5, 5.41) is 10.0. The number of halogens is 1. The van der Waals surface area contributed by atoms with Crippen molar-refractivity contribution >= 4 is 40.6 Å². The number of hydrogen-bond donors (Lipinski definition) is 0. The predicted molar refractivity (Wildman–Crippen MR) is 110 cm³/mol. The molecule has 0 saturated heterocycles. The van der Waals surface area contributed by atoms with Crippen LogP contribution in [0.15, 0.2) is 33.9 Å². The number of likely N-dealkylation sites (N-methyl/N-ethyl adjacent to an activating group) is 1. The minimum absolute atomic E-state index is 0.0470. The van der Waals surface area contributed by atoms with Crippen LogP contribution in [0.4, 0.5) is 0 Å². The third-order valence-corrected chi connectivity index (χ3v) is 5.87. The van der Waals surface area contributed by atoms with E-state index in [-0.39, 0.29) is 11.7 Å². The van der Waals surface area contributed by atoms with Gasteiger partial charge in [0, 0.05) is 12.1 Å². The maximum Gasteiger partial charge on any atom is 0.277 e. The molecule has 0 atom stereocenters. The van der Waals surface area contributed by atoms with Gasteiger partial charge < -0.3 is 14.1 Å². The maximum atomic E-state index is 12.3. The van der Waals surface area contributed by atoms with E-state index in [4.69, 9.17) is 20.8 Å². The van der Waals surface area contributed by atoms with Crippen LogP contribution in [0, 0.1) is 13.8 Å². The number of aromatic nitrogens is 3. The lowest BCUT2D eigenvalue weighted by molar-refractivity contribution is -0.127. The Morgan fingerprint density at radius 1 is 1.29 bits per heavy atom. The fourth-order valence-corrected chi connectivity index (χ4v) is 3.95. The van der Waals surface area contributed by atoms with E-state index >= 15 is 0 Å². The molecule has 28 heavy (non-hydrogen) atoms. The number of aryl methyl sites for hydroxylation is 2. The molecule has 2 aromatic heterocycles. The standard InChI is InChI=1S/C18H19ClN4O3S2/c1-11-16(28-12(2)20-11)17-21-22-18(26-17)27-10-15(24)23(3)8-9-25-14-6-4-13(19)5-7-14/h4-7H,8-10H2,1-3H3. The molecule has 0 saturated carbocycles. The minimum Gasteiger partial charge on any atom is -0.492 e. The van der Waals surface area contributed by atoms with Crippen molar-refractivity contribution in [3.05, 3.63) is 40.0 Å². The second-order valence-corrected chi connectivity index (χ2v) is 8.49. The van der Waals surface area contributed by atoms with Gasteiger partial charge >= 0.3 is 0 Å². The van der Waals surface area contributed by atoms with Gasteiger partial charge in [-0.1, -0.05) is 23.4 Å².